The van der Waals surface area contributed by atoms with Gasteiger partial charge < -0.3 is 15.4 Å². The molecule has 0 spiro atoms. The van der Waals surface area contributed by atoms with Gasteiger partial charge in [0.25, 0.3) is 0 Å². The molecule has 0 aromatic rings. The van der Waals surface area contributed by atoms with Crippen LogP contribution < -0.4 is 5.73 Å². The monoisotopic (exact) mass is 228 g/mol. The van der Waals surface area contributed by atoms with Crippen LogP contribution in [0.5, 0.6) is 0 Å². The van der Waals surface area contributed by atoms with E-state index in [0.717, 1.165) is 32.6 Å². The first-order chi connectivity index (χ1) is 7.52. The Labute approximate surface area is 98.1 Å². The van der Waals surface area contributed by atoms with E-state index in [1.54, 1.807) is 4.90 Å². The van der Waals surface area contributed by atoms with Gasteiger partial charge in [-0.3, -0.25) is 4.79 Å². The van der Waals surface area contributed by atoms with Crippen molar-refractivity contribution in [3.05, 3.63) is 0 Å². The van der Waals surface area contributed by atoms with Gasteiger partial charge in [0.15, 0.2) is 0 Å². The van der Waals surface area contributed by atoms with Crippen molar-refractivity contribution in [1.29, 1.82) is 0 Å². The summed E-state index contributed by atoms with van der Waals surface area (Å²) in [6.45, 7) is 6.20. The van der Waals surface area contributed by atoms with Crippen LogP contribution in [0.2, 0.25) is 0 Å². The Kier molecular flexibility index (Phi) is 5.22. The second-order valence-corrected chi connectivity index (χ2v) is 4.95. The van der Waals surface area contributed by atoms with Crippen LogP contribution in [0.4, 0.5) is 0 Å². The lowest BCUT2D eigenvalue weighted by Gasteiger charge is -2.29. The lowest BCUT2D eigenvalue weighted by molar-refractivity contribution is -0.135. The van der Waals surface area contributed by atoms with Gasteiger partial charge in [-0.1, -0.05) is 6.92 Å². The molecule has 1 rings (SSSR count). The van der Waals surface area contributed by atoms with Crippen LogP contribution in [0.25, 0.3) is 0 Å². The molecule has 0 saturated carbocycles. The van der Waals surface area contributed by atoms with Crippen molar-refractivity contribution in [3.8, 4) is 0 Å². The van der Waals surface area contributed by atoms with Crippen LogP contribution in [0.1, 0.15) is 26.7 Å². The maximum atomic E-state index is 12.0. The summed E-state index contributed by atoms with van der Waals surface area (Å²) in [6, 6.07) is -0.0856. The van der Waals surface area contributed by atoms with E-state index in [4.69, 9.17) is 10.5 Å². The minimum Gasteiger partial charge on any atom is -0.381 e. The maximum absolute atomic E-state index is 12.0. The Balaban J connectivity index is 2.38. The minimum atomic E-state index is -0.102. The van der Waals surface area contributed by atoms with Crippen LogP contribution in [-0.2, 0) is 9.53 Å². The molecular weight excluding hydrogens is 204 g/mol. The van der Waals surface area contributed by atoms with Gasteiger partial charge in [0.05, 0.1) is 12.5 Å². The summed E-state index contributed by atoms with van der Waals surface area (Å²) < 4.78 is 5.41. The van der Waals surface area contributed by atoms with E-state index in [-0.39, 0.29) is 17.9 Å². The Morgan fingerprint density at radius 3 is 2.75 bits per heavy atom. The zero-order valence-electron chi connectivity index (χ0n) is 10.6. The van der Waals surface area contributed by atoms with E-state index in [1.807, 2.05) is 20.9 Å². The molecule has 16 heavy (non-hydrogen) atoms. The maximum Gasteiger partial charge on any atom is 0.226 e. The standard InChI is InChI=1S/C12H24N2O2/c1-9(10(2)13)12(15)14(3)7-11-5-4-6-16-8-11/h9-11H,4-8,13H2,1-3H3. The van der Waals surface area contributed by atoms with Gasteiger partial charge in [-0.2, -0.15) is 0 Å². The van der Waals surface area contributed by atoms with Crippen molar-refractivity contribution < 1.29 is 9.53 Å². The average molecular weight is 228 g/mol. The summed E-state index contributed by atoms with van der Waals surface area (Å²) in [6.07, 6.45) is 2.26. The molecular formula is C12H24N2O2. The fourth-order valence-corrected chi connectivity index (χ4v) is 2.00. The van der Waals surface area contributed by atoms with Crippen molar-refractivity contribution in [2.24, 2.45) is 17.6 Å². The Bertz CT molecular complexity index is 225. The second kappa shape index (κ2) is 6.21. The molecule has 1 saturated heterocycles. The highest BCUT2D eigenvalue weighted by atomic mass is 16.5. The fraction of sp³-hybridized carbons (Fsp3) is 0.917. The van der Waals surface area contributed by atoms with Crippen molar-refractivity contribution in [3.63, 3.8) is 0 Å². The van der Waals surface area contributed by atoms with Gasteiger partial charge in [-0.05, 0) is 25.7 Å². The number of hydrogen-bond donors (Lipinski definition) is 1. The van der Waals surface area contributed by atoms with Gasteiger partial charge in [-0.25, -0.2) is 0 Å². The summed E-state index contributed by atoms with van der Waals surface area (Å²) in [5.41, 5.74) is 5.74. The topological polar surface area (TPSA) is 55.6 Å². The summed E-state index contributed by atoms with van der Waals surface area (Å²) in [7, 11) is 1.86. The first-order valence-electron chi connectivity index (χ1n) is 6.10. The highest BCUT2D eigenvalue weighted by Crippen LogP contribution is 2.15. The number of hydrogen-bond acceptors (Lipinski definition) is 3. The number of ether oxygens (including phenoxy) is 1. The molecule has 0 radical (unpaired) electrons. The third-order valence-electron chi connectivity index (χ3n) is 3.34. The predicted octanol–water partition coefficient (Wildman–Crippen LogP) is 0.855. The molecule has 0 aromatic carbocycles. The molecule has 0 aliphatic carbocycles. The van der Waals surface area contributed by atoms with Gasteiger partial charge in [0, 0.05) is 26.2 Å². The number of nitrogens with zero attached hydrogens (tertiary/aromatic N) is 1. The molecule has 4 nitrogen and oxygen atoms in total. The quantitative estimate of drug-likeness (QED) is 0.776. The lowest BCUT2D eigenvalue weighted by Crippen LogP contribution is -2.42. The molecule has 3 unspecified atom stereocenters. The summed E-state index contributed by atoms with van der Waals surface area (Å²) in [5.74, 6) is 0.526. The first-order valence-corrected chi connectivity index (χ1v) is 6.10. The van der Waals surface area contributed by atoms with Gasteiger partial charge in [0.1, 0.15) is 0 Å². The fourth-order valence-electron chi connectivity index (χ4n) is 2.00. The Morgan fingerprint density at radius 2 is 2.25 bits per heavy atom. The summed E-state index contributed by atoms with van der Waals surface area (Å²) in [5, 5.41) is 0. The Morgan fingerprint density at radius 1 is 1.56 bits per heavy atom. The van der Waals surface area contributed by atoms with E-state index < -0.39 is 0 Å². The molecule has 4 heteroatoms. The number of rotatable bonds is 4. The van der Waals surface area contributed by atoms with Crippen LogP contribution in [0, 0.1) is 11.8 Å². The van der Waals surface area contributed by atoms with Crippen molar-refractivity contribution >= 4 is 5.91 Å². The molecule has 1 aliphatic rings. The normalized spacial score (nSPS) is 24.9. The number of carbonyl (C=O) groups excluding carboxylic acids is 1. The van der Waals surface area contributed by atoms with E-state index in [1.165, 1.54) is 0 Å². The molecule has 1 amide bonds. The zero-order valence-corrected chi connectivity index (χ0v) is 10.6. The van der Waals surface area contributed by atoms with E-state index in [2.05, 4.69) is 0 Å². The SMILES string of the molecule is CC(N)C(C)C(=O)N(C)CC1CCCOC1. The van der Waals surface area contributed by atoms with Gasteiger partial charge >= 0.3 is 0 Å². The molecule has 1 heterocycles. The highest BCUT2D eigenvalue weighted by molar-refractivity contribution is 5.78. The van der Waals surface area contributed by atoms with Gasteiger partial charge in [-0.15, -0.1) is 0 Å². The van der Waals surface area contributed by atoms with Crippen molar-refractivity contribution in [2.45, 2.75) is 32.7 Å². The first kappa shape index (κ1) is 13.5. The molecule has 1 aliphatic heterocycles. The molecule has 3 atom stereocenters. The molecule has 2 N–H and O–H groups in total. The van der Waals surface area contributed by atoms with E-state index in [9.17, 15) is 4.79 Å². The minimum absolute atomic E-state index is 0.0856. The number of amides is 1. The molecule has 94 valence electrons. The second-order valence-electron chi connectivity index (χ2n) is 4.95. The molecule has 1 fully saturated rings. The Hall–Kier alpha value is -0.610. The van der Waals surface area contributed by atoms with Crippen LogP contribution in [0.15, 0.2) is 0 Å². The van der Waals surface area contributed by atoms with Crippen LogP contribution >= 0.6 is 0 Å². The smallest absolute Gasteiger partial charge is 0.226 e. The van der Waals surface area contributed by atoms with Gasteiger partial charge in [0.2, 0.25) is 5.91 Å². The third kappa shape index (κ3) is 3.76. The largest absolute Gasteiger partial charge is 0.381 e. The molecule has 0 bridgehead atoms. The van der Waals surface area contributed by atoms with E-state index in [0.29, 0.717) is 5.92 Å². The summed E-state index contributed by atoms with van der Waals surface area (Å²) >= 11 is 0. The third-order valence-corrected chi connectivity index (χ3v) is 3.34. The molecule has 0 aromatic heterocycles. The highest BCUT2D eigenvalue weighted by Gasteiger charge is 2.23. The predicted molar refractivity (Wildman–Crippen MR) is 64.0 cm³/mol. The lowest BCUT2D eigenvalue weighted by atomic mass is 9.99. The average Bonchev–Trinajstić information content (AvgIpc) is 2.28. The zero-order chi connectivity index (χ0) is 12.1. The number of carbonyl (C=O) groups is 1. The van der Waals surface area contributed by atoms with Crippen LogP contribution in [0.3, 0.4) is 0 Å². The summed E-state index contributed by atoms with van der Waals surface area (Å²) in [4.78, 5) is 13.8. The van der Waals surface area contributed by atoms with Crippen molar-refractivity contribution in [1.82, 2.24) is 4.90 Å². The number of nitrogens with two attached hydrogens (primary N) is 1. The van der Waals surface area contributed by atoms with E-state index >= 15 is 0 Å². The van der Waals surface area contributed by atoms with Crippen molar-refractivity contribution in [2.75, 3.05) is 26.8 Å². The van der Waals surface area contributed by atoms with Crippen LogP contribution in [-0.4, -0.2) is 43.7 Å².